The summed E-state index contributed by atoms with van der Waals surface area (Å²) < 4.78 is 5.52. The molecule has 1 aromatic heterocycles. The van der Waals surface area contributed by atoms with Gasteiger partial charge in [0.05, 0.1) is 16.3 Å². The number of amidine groups is 1. The maximum Gasteiger partial charge on any atom is 0.258 e. The first-order valence-electron chi connectivity index (χ1n) is 13.5. The molecule has 0 radical (unpaired) electrons. The van der Waals surface area contributed by atoms with Crippen LogP contribution in [0.4, 0.5) is 17.1 Å². The van der Waals surface area contributed by atoms with E-state index >= 15 is 0 Å². The van der Waals surface area contributed by atoms with Gasteiger partial charge in [-0.3, -0.25) is 10.2 Å². The average molecular weight is 615 g/mol. The molecule has 9 nitrogen and oxygen atoms in total. The van der Waals surface area contributed by atoms with Crippen LogP contribution in [0.2, 0.25) is 10.0 Å². The second-order valence-electron chi connectivity index (χ2n) is 10.1. The lowest BCUT2D eigenvalue weighted by atomic mass is 10.1. The van der Waals surface area contributed by atoms with Gasteiger partial charge in [-0.15, -0.1) is 0 Å². The fraction of sp³-hybridized carbons (Fsp3) is 0.345. The quantitative estimate of drug-likeness (QED) is 0.211. The van der Waals surface area contributed by atoms with Crippen molar-refractivity contribution in [1.29, 1.82) is 5.41 Å². The van der Waals surface area contributed by atoms with Crippen molar-refractivity contribution in [3.05, 3.63) is 69.8 Å². The van der Waals surface area contributed by atoms with Crippen LogP contribution >= 0.6 is 35.0 Å². The van der Waals surface area contributed by atoms with E-state index in [1.165, 1.54) is 11.8 Å². The zero-order valence-corrected chi connectivity index (χ0v) is 25.1. The molecule has 2 aliphatic heterocycles. The third-order valence-electron chi connectivity index (χ3n) is 7.18. The zero-order chi connectivity index (χ0) is 28.9. The molecule has 12 heteroatoms. The molecule has 3 aromatic rings. The number of nitrogen functional groups attached to an aromatic ring is 1. The van der Waals surface area contributed by atoms with Crippen LogP contribution < -0.4 is 21.3 Å². The molecule has 5 N–H and O–H groups in total. The van der Waals surface area contributed by atoms with Crippen molar-refractivity contribution in [1.82, 2.24) is 15.2 Å². The minimum atomic E-state index is -0.411. The van der Waals surface area contributed by atoms with Crippen molar-refractivity contribution in [2.45, 2.75) is 28.8 Å². The molecule has 0 unspecified atom stereocenters. The number of carbonyl (C=O) groups excluding carboxylic acids is 1. The molecular weight excluding hydrogens is 581 g/mol. The smallest absolute Gasteiger partial charge is 0.258 e. The minimum absolute atomic E-state index is 0.175. The number of hydrogen-bond donors (Lipinski definition) is 4. The number of hydrogen-bond acceptors (Lipinski definition) is 9. The Balaban J connectivity index is 1.36. The Bertz CT molecular complexity index is 1430. The number of nitrogens with two attached hydrogens (primary N) is 1. The largest absolute Gasteiger partial charge is 0.397 e. The molecule has 2 aromatic carbocycles. The van der Waals surface area contributed by atoms with Gasteiger partial charge in [-0.1, -0.05) is 35.0 Å². The van der Waals surface area contributed by atoms with Crippen LogP contribution in [0.3, 0.4) is 0 Å². The van der Waals surface area contributed by atoms with E-state index in [0.717, 1.165) is 55.3 Å². The number of anilines is 3. The third kappa shape index (κ3) is 7.44. The summed E-state index contributed by atoms with van der Waals surface area (Å²) in [4.78, 5) is 23.5. The SMILES string of the molecule is CN1CCN(c2ccc(C(=O)NC(=N)c3nc(Sc4cc(Cl)ccc4Cl)ccc3N)c(NC3CCOCC3)c2)CC1. The highest BCUT2D eigenvalue weighted by Crippen LogP contribution is 2.35. The van der Waals surface area contributed by atoms with Crippen LogP contribution in [-0.2, 0) is 4.74 Å². The lowest BCUT2D eigenvalue weighted by Gasteiger charge is -2.34. The topological polar surface area (TPSA) is 120 Å². The molecular formula is C29H33Cl2N7O2S. The number of benzene rings is 2. The summed E-state index contributed by atoms with van der Waals surface area (Å²) in [6.07, 6.45) is 1.72. The normalized spacial score (nSPS) is 16.4. The molecule has 41 heavy (non-hydrogen) atoms. The summed E-state index contributed by atoms with van der Waals surface area (Å²) in [7, 11) is 2.13. The number of nitrogens with zero attached hydrogens (tertiary/aromatic N) is 3. The van der Waals surface area contributed by atoms with E-state index in [1.807, 2.05) is 18.2 Å². The van der Waals surface area contributed by atoms with Crippen molar-refractivity contribution < 1.29 is 9.53 Å². The number of nitrogens with one attached hydrogen (secondary N) is 3. The van der Waals surface area contributed by atoms with Gasteiger partial charge in [-0.2, -0.15) is 0 Å². The fourth-order valence-corrected chi connectivity index (χ4v) is 6.11. The van der Waals surface area contributed by atoms with Gasteiger partial charge in [-0.25, -0.2) is 4.98 Å². The van der Waals surface area contributed by atoms with Gasteiger partial charge in [0, 0.05) is 66.7 Å². The van der Waals surface area contributed by atoms with Crippen LogP contribution in [0.25, 0.3) is 0 Å². The van der Waals surface area contributed by atoms with Gasteiger partial charge >= 0.3 is 0 Å². The zero-order valence-electron chi connectivity index (χ0n) is 22.8. The van der Waals surface area contributed by atoms with Crippen LogP contribution in [0.15, 0.2) is 58.5 Å². The van der Waals surface area contributed by atoms with E-state index in [2.05, 4.69) is 32.5 Å². The predicted octanol–water partition coefficient (Wildman–Crippen LogP) is 5.22. The Morgan fingerprint density at radius 2 is 1.83 bits per heavy atom. The van der Waals surface area contributed by atoms with Crippen molar-refractivity contribution >= 4 is 63.8 Å². The number of carbonyl (C=O) groups is 1. The molecule has 2 aliphatic rings. The molecule has 1 amide bonds. The molecule has 3 heterocycles. The predicted molar refractivity (Wildman–Crippen MR) is 167 cm³/mol. The molecule has 2 fully saturated rings. The first-order chi connectivity index (χ1) is 19.8. The van der Waals surface area contributed by atoms with Crippen molar-refractivity contribution in [2.24, 2.45) is 0 Å². The number of amides is 1. The number of aromatic nitrogens is 1. The van der Waals surface area contributed by atoms with Gasteiger partial charge in [0.15, 0.2) is 5.84 Å². The Morgan fingerprint density at radius 3 is 2.59 bits per heavy atom. The van der Waals surface area contributed by atoms with Crippen LogP contribution in [0.1, 0.15) is 28.9 Å². The first kappa shape index (κ1) is 29.5. The maximum absolute atomic E-state index is 13.5. The van der Waals surface area contributed by atoms with Crippen LogP contribution in [-0.4, -0.2) is 74.1 Å². The van der Waals surface area contributed by atoms with Crippen molar-refractivity contribution in [3.8, 4) is 0 Å². The number of halogens is 2. The lowest BCUT2D eigenvalue weighted by Crippen LogP contribution is -2.44. The highest BCUT2D eigenvalue weighted by atomic mass is 35.5. The Kier molecular flexibility index (Phi) is 9.57. The lowest BCUT2D eigenvalue weighted by molar-refractivity contribution is 0.0904. The van der Waals surface area contributed by atoms with Gasteiger partial charge in [0.25, 0.3) is 5.91 Å². The molecule has 0 saturated carbocycles. The third-order valence-corrected chi connectivity index (χ3v) is 8.85. The highest BCUT2D eigenvalue weighted by molar-refractivity contribution is 7.99. The monoisotopic (exact) mass is 613 g/mol. The summed E-state index contributed by atoms with van der Waals surface area (Å²) in [5, 5.41) is 16.6. The molecule has 0 spiro atoms. The van der Waals surface area contributed by atoms with E-state index in [1.54, 1.807) is 30.3 Å². The summed E-state index contributed by atoms with van der Waals surface area (Å²) in [5.74, 6) is -0.598. The summed E-state index contributed by atoms with van der Waals surface area (Å²) in [6, 6.07) is 14.6. The highest BCUT2D eigenvalue weighted by Gasteiger charge is 2.22. The number of likely N-dealkylation sites (N-methyl/N-ethyl adjacent to an activating group) is 1. The fourth-order valence-electron chi connectivity index (χ4n) is 4.79. The maximum atomic E-state index is 13.5. The van der Waals surface area contributed by atoms with E-state index in [9.17, 15) is 4.79 Å². The summed E-state index contributed by atoms with van der Waals surface area (Å²) in [6.45, 7) is 5.17. The van der Waals surface area contributed by atoms with Gasteiger partial charge in [0.2, 0.25) is 0 Å². The Hall–Kier alpha value is -3.02. The Morgan fingerprint density at radius 1 is 1.07 bits per heavy atom. The number of rotatable bonds is 7. The molecule has 0 atom stereocenters. The van der Waals surface area contributed by atoms with Gasteiger partial charge in [-0.05, 0) is 68.4 Å². The van der Waals surface area contributed by atoms with E-state index in [-0.39, 0.29) is 23.3 Å². The molecule has 0 aliphatic carbocycles. The van der Waals surface area contributed by atoms with E-state index in [0.29, 0.717) is 33.8 Å². The average Bonchev–Trinajstić information content (AvgIpc) is 2.97. The van der Waals surface area contributed by atoms with E-state index < -0.39 is 5.91 Å². The number of pyridine rings is 1. The summed E-state index contributed by atoms with van der Waals surface area (Å²) in [5.41, 5.74) is 8.88. The molecule has 2 saturated heterocycles. The molecule has 0 bridgehead atoms. The minimum Gasteiger partial charge on any atom is -0.397 e. The first-order valence-corrected chi connectivity index (χ1v) is 15.1. The van der Waals surface area contributed by atoms with Crippen molar-refractivity contribution in [3.63, 3.8) is 0 Å². The van der Waals surface area contributed by atoms with Crippen LogP contribution in [0.5, 0.6) is 0 Å². The second-order valence-corrected chi connectivity index (χ2v) is 12.1. The summed E-state index contributed by atoms with van der Waals surface area (Å²) >= 11 is 13.7. The number of ether oxygens (including phenoxy) is 1. The van der Waals surface area contributed by atoms with E-state index in [4.69, 9.17) is 39.1 Å². The molecule has 5 rings (SSSR count). The second kappa shape index (κ2) is 13.3. The van der Waals surface area contributed by atoms with Crippen molar-refractivity contribution in [2.75, 3.05) is 62.4 Å². The van der Waals surface area contributed by atoms with Gasteiger partial charge in [0.1, 0.15) is 10.7 Å². The standard InChI is InChI=1S/C29H33Cl2N7O2S/c1-37-10-12-38(13-11-37)20-3-4-21(24(17-20)34-19-8-14-40-15-9-19)29(39)36-28(33)27-23(32)6-7-26(35-27)41-25-16-18(30)2-5-22(25)31/h2-7,16-17,19,34H,8-15,32H2,1H3,(H2,33,36,39). The Labute approximate surface area is 254 Å². The molecule has 216 valence electrons. The van der Waals surface area contributed by atoms with Crippen LogP contribution in [0, 0.1) is 5.41 Å². The number of piperazine rings is 1. The van der Waals surface area contributed by atoms with Gasteiger partial charge < -0.3 is 30.9 Å².